The Morgan fingerprint density at radius 2 is 1.65 bits per heavy atom. The smallest absolute Gasteiger partial charge is 0.119 e. The predicted molar refractivity (Wildman–Crippen MR) is 68.1 cm³/mol. The molecule has 0 fully saturated rings. The Balaban J connectivity index is 1.92. The summed E-state index contributed by atoms with van der Waals surface area (Å²) in [7, 11) is 0. The number of hydrogen-bond acceptors (Lipinski definition) is 2. The summed E-state index contributed by atoms with van der Waals surface area (Å²) in [5, 5.41) is 9.91. The monoisotopic (exact) mass is 228 g/mol. The highest BCUT2D eigenvalue weighted by Gasteiger charge is 2.07. The van der Waals surface area contributed by atoms with E-state index in [0.717, 1.165) is 11.3 Å². The fourth-order valence-corrected chi connectivity index (χ4v) is 1.58. The van der Waals surface area contributed by atoms with Crippen LogP contribution in [0.25, 0.3) is 0 Å². The second-order valence-electron chi connectivity index (χ2n) is 4.05. The maximum absolute atomic E-state index is 9.91. The Morgan fingerprint density at radius 3 is 2.29 bits per heavy atom. The maximum atomic E-state index is 9.91. The van der Waals surface area contributed by atoms with Gasteiger partial charge in [0.2, 0.25) is 0 Å². The van der Waals surface area contributed by atoms with Crippen LogP contribution in [0.15, 0.2) is 54.6 Å². The van der Waals surface area contributed by atoms with Crippen LogP contribution in [-0.4, -0.2) is 11.7 Å². The number of benzene rings is 2. The van der Waals surface area contributed by atoms with E-state index in [0.29, 0.717) is 0 Å². The second-order valence-corrected chi connectivity index (χ2v) is 4.05. The second kappa shape index (κ2) is 5.51. The van der Waals surface area contributed by atoms with Gasteiger partial charge in [0, 0.05) is 0 Å². The normalized spacial score (nSPS) is 12.1. The topological polar surface area (TPSA) is 29.5 Å². The van der Waals surface area contributed by atoms with Crippen molar-refractivity contribution in [2.24, 2.45) is 0 Å². The van der Waals surface area contributed by atoms with Crippen LogP contribution in [0.5, 0.6) is 5.75 Å². The predicted octanol–water partition coefficient (Wildman–Crippen LogP) is 3.11. The summed E-state index contributed by atoms with van der Waals surface area (Å²) in [6.45, 7) is 2.30. The number of aliphatic hydroxyl groups excluding tert-OH is 1. The number of aliphatic hydroxyl groups is 1. The largest absolute Gasteiger partial charge is 0.491 e. The molecule has 0 aliphatic heterocycles. The van der Waals surface area contributed by atoms with Gasteiger partial charge >= 0.3 is 0 Å². The molecule has 2 nitrogen and oxygen atoms in total. The lowest BCUT2D eigenvalue weighted by atomic mass is 10.1. The van der Waals surface area contributed by atoms with Gasteiger partial charge in [0.15, 0.2) is 0 Å². The molecule has 0 aromatic heterocycles. The molecule has 2 aromatic rings. The van der Waals surface area contributed by atoms with Crippen molar-refractivity contribution in [3.63, 3.8) is 0 Å². The molecule has 0 radical (unpaired) electrons. The highest BCUT2D eigenvalue weighted by Crippen LogP contribution is 2.16. The van der Waals surface area contributed by atoms with Crippen molar-refractivity contribution < 1.29 is 9.84 Å². The highest BCUT2D eigenvalue weighted by molar-refractivity contribution is 5.26. The molecular weight excluding hydrogens is 212 g/mol. The molecule has 0 unspecified atom stereocenters. The zero-order valence-electron chi connectivity index (χ0n) is 9.84. The lowest BCUT2D eigenvalue weighted by molar-refractivity contribution is 0.108. The van der Waals surface area contributed by atoms with Crippen molar-refractivity contribution >= 4 is 0 Å². The van der Waals surface area contributed by atoms with Crippen LogP contribution in [0.3, 0.4) is 0 Å². The third-order valence-electron chi connectivity index (χ3n) is 2.61. The minimum Gasteiger partial charge on any atom is -0.491 e. The minimum atomic E-state index is -0.586. The van der Waals surface area contributed by atoms with Gasteiger partial charge in [0.1, 0.15) is 18.5 Å². The van der Waals surface area contributed by atoms with E-state index in [1.54, 1.807) is 0 Å². The molecule has 0 bridgehead atoms. The number of ether oxygens (including phenoxy) is 1. The highest BCUT2D eigenvalue weighted by atomic mass is 16.5. The van der Waals surface area contributed by atoms with Gasteiger partial charge in [-0.1, -0.05) is 48.0 Å². The first-order valence-electron chi connectivity index (χ1n) is 5.68. The third kappa shape index (κ3) is 3.33. The van der Waals surface area contributed by atoms with Crippen LogP contribution in [0, 0.1) is 6.92 Å². The maximum Gasteiger partial charge on any atom is 0.119 e. The van der Waals surface area contributed by atoms with E-state index in [1.807, 2.05) is 61.5 Å². The van der Waals surface area contributed by atoms with E-state index >= 15 is 0 Å². The van der Waals surface area contributed by atoms with Crippen LogP contribution >= 0.6 is 0 Å². The first-order valence-corrected chi connectivity index (χ1v) is 5.68. The number of rotatable bonds is 4. The van der Waals surface area contributed by atoms with E-state index in [2.05, 4.69) is 0 Å². The molecule has 88 valence electrons. The van der Waals surface area contributed by atoms with E-state index < -0.39 is 6.10 Å². The van der Waals surface area contributed by atoms with Crippen molar-refractivity contribution in [2.45, 2.75) is 13.0 Å². The SMILES string of the molecule is Cc1ccc(OC[C@@H](O)c2ccccc2)cc1. The molecule has 17 heavy (non-hydrogen) atoms. The fourth-order valence-electron chi connectivity index (χ4n) is 1.58. The molecule has 1 atom stereocenters. The molecule has 0 saturated heterocycles. The minimum absolute atomic E-state index is 0.271. The lowest BCUT2D eigenvalue weighted by Gasteiger charge is -2.12. The molecule has 0 spiro atoms. The average Bonchev–Trinajstić information content (AvgIpc) is 2.39. The third-order valence-corrected chi connectivity index (χ3v) is 2.61. The standard InChI is InChI=1S/C15H16O2/c1-12-7-9-14(10-8-12)17-11-15(16)13-5-3-2-4-6-13/h2-10,15-16H,11H2,1H3/t15-/m1/s1. The van der Waals surface area contributed by atoms with Gasteiger partial charge in [-0.05, 0) is 24.6 Å². The zero-order valence-corrected chi connectivity index (χ0v) is 9.84. The van der Waals surface area contributed by atoms with Crippen molar-refractivity contribution in [1.29, 1.82) is 0 Å². The fraction of sp³-hybridized carbons (Fsp3) is 0.200. The van der Waals surface area contributed by atoms with Crippen LogP contribution in [0.2, 0.25) is 0 Å². The van der Waals surface area contributed by atoms with E-state index in [9.17, 15) is 5.11 Å². The Hall–Kier alpha value is -1.80. The van der Waals surface area contributed by atoms with Crippen LogP contribution < -0.4 is 4.74 Å². The van der Waals surface area contributed by atoms with Crippen LogP contribution in [0.4, 0.5) is 0 Å². The Labute approximate surface area is 101 Å². The first-order chi connectivity index (χ1) is 8.25. The summed E-state index contributed by atoms with van der Waals surface area (Å²) in [5.41, 5.74) is 2.07. The molecule has 0 saturated carbocycles. The first kappa shape index (κ1) is 11.7. The molecule has 0 heterocycles. The van der Waals surface area contributed by atoms with Crippen molar-refractivity contribution in [3.05, 3.63) is 65.7 Å². The summed E-state index contributed by atoms with van der Waals surface area (Å²) in [6, 6.07) is 17.3. The molecule has 0 aliphatic rings. The summed E-state index contributed by atoms with van der Waals surface area (Å²) in [6.07, 6.45) is -0.586. The average molecular weight is 228 g/mol. The van der Waals surface area contributed by atoms with Gasteiger partial charge in [-0.25, -0.2) is 0 Å². The van der Waals surface area contributed by atoms with Crippen LogP contribution in [0.1, 0.15) is 17.2 Å². The number of hydrogen-bond donors (Lipinski definition) is 1. The molecule has 2 heteroatoms. The number of aryl methyl sites for hydroxylation is 1. The Bertz CT molecular complexity index is 448. The molecule has 2 rings (SSSR count). The lowest BCUT2D eigenvalue weighted by Crippen LogP contribution is -2.09. The van der Waals surface area contributed by atoms with E-state index in [4.69, 9.17) is 4.74 Å². The zero-order chi connectivity index (χ0) is 12.1. The van der Waals surface area contributed by atoms with Gasteiger partial charge in [-0.15, -0.1) is 0 Å². The van der Waals surface area contributed by atoms with Gasteiger partial charge in [-0.3, -0.25) is 0 Å². The van der Waals surface area contributed by atoms with Crippen molar-refractivity contribution in [1.82, 2.24) is 0 Å². The van der Waals surface area contributed by atoms with Gasteiger partial charge in [0.05, 0.1) is 0 Å². The van der Waals surface area contributed by atoms with E-state index in [-0.39, 0.29) is 6.61 Å². The van der Waals surface area contributed by atoms with Crippen LogP contribution in [-0.2, 0) is 0 Å². The molecule has 1 N–H and O–H groups in total. The van der Waals surface area contributed by atoms with Gasteiger partial charge in [-0.2, -0.15) is 0 Å². The summed E-state index contributed by atoms with van der Waals surface area (Å²) < 4.78 is 5.53. The summed E-state index contributed by atoms with van der Waals surface area (Å²) in [4.78, 5) is 0. The molecular formula is C15H16O2. The summed E-state index contributed by atoms with van der Waals surface area (Å²) >= 11 is 0. The molecule has 2 aromatic carbocycles. The Morgan fingerprint density at radius 1 is 1.00 bits per heavy atom. The molecule has 0 amide bonds. The van der Waals surface area contributed by atoms with E-state index in [1.165, 1.54) is 5.56 Å². The van der Waals surface area contributed by atoms with Crippen molar-refractivity contribution in [2.75, 3.05) is 6.61 Å². The van der Waals surface area contributed by atoms with Gasteiger partial charge < -0.3 is 9.84 Å². The summed E-state index contributed by atoms with van der Waals surface area (Å²) in [5.74, 6) is 0.783. The van der Waals surface area contributed by atoms with Gasteiger partial charge in [0.25, 0.3) is 0 Å². The quantitative estimate of drug-likeness (QED) is 0.871. The Kier molecular flexibility index (Phi) is 3.78. The van der Waals surface area contributed by atoms with Crippen molar-refractivity contribution in [3.8, 4) is 5.75 Å². The molecule has 0 aliphatic carbocycles.